The first-order valence-electron chi connectivity index (χ1n) is 10.9. The van der Waals surface area contributed by atoms with E-state index < -0.39 is 0 Å². The summed E-state index contributed by atoms with van der Waals surface area (Å²) in [6.07, 6.45) is 1.22. The maximum absolute atomic E-state index is 12.9. The summed E-state index contributed by atoms with van der Waals surface area (Å²) >= 11 is 11.9. The van der Waals surface area contributed by atoms with Crippen LogP contribution in [0.25, 0.3) is 0 Å². The molecule has 0 unspecified atom stereocenters. The Morgan fingerprint density at radius 3 is 1.94 bits per heavy atom. The second-order valence-corrected chi connectivity index (χ2v) is 8.98. The molecule has 2 N–H and O–H groups in total. The van der Waals surface area contributed by atoms with Gasteiger partial charge in [-0.3, -0.25) is 14.4 Å². The van der Waals surface area contributed by atoms with Gasteiger partial charge in [-0.25, -0.2) is 0 Å². The van der Waals surface area contributed by atoms with Gasteiger partial charge in [0.2, 0.25) is 5.91 Å². The Hall–Kier alpha value is -3.35. The number of benzene rings is 3. The molecule has 0 saturated carbocycles. The Morgan fingerprint density at radius 2 is 1.32 bits per heavy atom. The molecule has 0 radical (unpaired) electrons. The fraction of sp³-hybridized carbons (Fsp3) is 0.192. The topological polar surface area (TPSA) is 78.5 Å². The summed E-state index contributed by atoms with van der Waals surface area (Å²) in [4.78, 5) is 39.6. The van der Waals surface area contributed by atoms with Crippen molar-refractivity contribution in [3.63, 3.8) is 0 Å². The van der Waals surface area contributed by atoms with Crippen molar-refractivity contribution in [2.24, 2.45) is 5.92 Å². The minimum Gasteiger partial charge on any atom is -0.339 e. The van der Waals surface area contributed by atoms with E-state index in [1.54, 1.807) is 35.2 Å². The van der Waals surface area contributed by atoms with Gasteiger partial charge in [-0.1, -0.05) is 41.4 Å². The van der Waals surface area contributed by atoms with Crippen molar-refractivity contribution in [3.05, 3.63) is 94.0 Å². The predicted molar refractivity (Wildman–Crippen MR) is 135 cm³/mol. The van der Waals surface area contributed by atoms with E-state index in [0.29, 0.717) is 52.8 Å². The summed E-state index contributed by atoms with van der Waals surface area (Å²) < 4.78 is 0. The zero-order chi connectivity index (χ0) is 24.1. The van der Waals surface area contributed by atoms with E-state index in [1.165, 1.54) is 12.1 Å². The Morgan fingerprint density at radius 1 is 0.735 bits per heavy atom. The summed E-state index contributed by atoms with van der Waals surface area (Å²) in [5, 5.41) is 6.46. The summed E-state index contributed by atoms with van der Waals surface area (Å²) in [6, 6.07) is 20.7. The number of likely N-dealkylation sites (tertiary alicyclic amines) is 1. The second-order valence-electron chi connectivity index (χ2n) is 8.11. The van der Waals surface area contributed by atoms with Crippen molar-refractivity contribution >= 4 is 52.3 Å². The summed E-state index contributed by atoms with van der Waals surface area (Å²) in [5.74, 6) is -0.582. The number of nitrogens with zero attached hydrogens (tertiary/aromatic N) is 1. The van der Waals surface area contributed by atoms with Gasteiger partial charge >= 0.3 is 0 Å². The maximum atomic E-state index is 12.9. The number of nitrogens with one attached hydrogen (secondary N) is 2. The number of hydrogen-bond donors (Lipinski definition) is 2. The summed E-state index contributed by atoms with van der Waals surface area (Å²) in [6.45, 7) is 1.03. The van der Waals surface area contributed by atoms with E-state index in [-0.39, 0.29) is 23.6 Å². The molecule has 0 bridgehead atoms. The van der Waals surface area contributed by atoms with Crippen LogP contribution in [0, 0.1) is 5.92 Å². The van der Waals surface area contributed by atoms with Crippen molar-refractivity contribution in [1.29, 1.82) is 0 Å². The van der Waals surface area contributed by atoms with Gasteiger partial charge in [0.05, 0.1) is 0 Å². The second kappa shape index (κ2) is 10.7. The molecule has 4 rings (SSSR count). The fourth-order valence-electron chi connectivity index (χ4n) is 3.88. The van der Waals surface area contributed by atoms with Crippen LogP contribution in [0.1, 0.15) is 33.6 Å². The third-order valence-corrected chi connectivity index (χ3v) is 6.15. The van der Waals surface area contributed by atoms with Crippen molar-refractivity contribution in [1.82, 2.24) is 4.90 Å². The first-order valence-corrected chi connectivity index (χ1v) is 11.7. The third-order valence-electron chi connectivity index (χ3n) is 5.71. The van der Waals surface area contributed by atoms with Gasteiger partial charge in [-0.05, 0) is 67.4 Å². The number of halogens is 2. The zero-order valence-electron chi connectivity index (χ0n) is 18.3. The van der Waals surface area contributed by atoms with E-state index in [9.17, 15) is 14.4 Å². The molecule has 0 spiro atoms. The molecule has 0 aliphatic carbocycles. The van der Waals surface area contributed by atoms with E-state index >= 15 is 0 Å². The number of para-hydroxylation sites is 1. The number of hydrogen-bond acceptors (Lipinski definition) is 3. The zero-order valence-corrected chi connectivity index (χ0v) is 19.8. The lowest BCUT2D eigenvalue weighted by Gasteiger charge is -2.31. The maximum Gasteiger partial charge on any atom is 0.255 e. The molecule has 3 amide bonds. The van der Waals surface area contributed by atoms with Crippen LogP contribution in [0.15, 0.2) is 72.8 Å². The van der Waals surface area contributed by atoms with Gasteiger partial charge in [0.25, 0.3) is 11.8 Å². The van der Waals surface area contributed by atoms with Crippen molar-refractivity contribution in [2.45, 2.75) is 12.8 Å². The number of carbonyl (C=O) groups is 3. The minimum absolute atomic E-state index is 0.0145. The Kier molecular flexibility index (Phi) is 7.50. The standard InChI is InChI=1S/C26H23Cl2N3O3/c27-20-14-19(15-21(28)16-20)25(33)30-23-8-6-18(7-9-23)26(34)31-12-10-17(11-13-31)24(32)29-22-4-2-1-3-5-22/h1-9,14-17H,10-13H2,(H,29,32)(H,30,33). The highest BCUT2D eigenvalue weighted by atomic mass is 35.5. The summed E-state index contributed by atoms with van der Waals surface area (Å²) in [7, 11) is 0. The third kappa shape index (κ3) is 5.95. The molecule has 174 valence electrons. The lowest BCUT2D eigenvalue weighted by molar-refractivity contribution is -0.121. The number of anilines is 2. The first kappa shape index (κ1) is 23.8. The van der Waals surface area contributed by atoms with Crippen molar-refractivity contribution < 1.29 is 14.4 Å². The molecule has 3 aromatic rings. The summed E-state index contributed by atoms with van der Waals surface area (Å²) in [5.41, 5.74) is 2.19. The van der Waals surface area contributed by atoms with Crippen LogP contribution >= 0.6 is 23.2 Å². The molecule has 3 aromatic carbocycles. The van der Waals surface area contributed by atoms with Crippen LogP contribution in [-0.2, 0) is 4.79 Å². The van der Waals surface area contributed by atoms with Crippen molar-refractivity contribution in [2.75, 3.05) is 23.7 Å². The fourth-order valence-corrected chi connectivity index (χ4v) is 4.40. The molecule has 34 heavy (non-hydrogen) atoms. The number of piperidine rings is 1. The van der Waals surface area contributed by atoms with E-state index in [4.69, 9.17) is 23.2 Å². The molecular weight excluding hydrogens is 473 g/mol. The highest BCUT2D eigenvalue weighted by Gasteiger charge is 2.28. The average molecular weight is 496 g/mol. The van der Waals surface area contributed by atoms with Crippen LogP contribution in [0.2, 0.25) is 10.0 Å². The lowest BCUT2D eigenvalue weighted by atomic mass is 9.95. The molecule has 6 nitrogen and oxygen atoms in total. The van der Waals surface area contributed by atoms with E-state index in [2.05, 4.69) is 10.6 Å². The van der Waals surface area contributed by atoms with Gasteiger partial charge in [0.1, 0.15) is 0 Å². The van der Waals surface area contributed by atoms with Gasteiger partial charge < -0.3 is 15.5 Å². The van der Waals surface area contributed by atoms with Gasteiger partial charge in [0.15, 0.2) is 0 Å². The molecule has 1 saturated heterocycles. The van der Waals surface area contributed by atoms with E-state index in [0.717, 1.165) is 5.69 Å². The molecule has 1 fully saturated rings. The van der Waals surface area contributed by atoms with Crippen LogP contribution < -0.4 is 10.6 Å². The number of carbonyl (C=O) groups excluding carboxylic acids is 3. The van der Waals surface area contributed by atoms with Crippen LogP contribution in [-0.4, -0.2) is 35.7 Å². The molecule has 1 heterocycles. The number of amides is 3. The van der Waals surface area contributed by atoms with Crippen LogP contribution in [0.4, 0.5) is 11.4 Å². The van der Waals surface area contributed by atoms with Gasteiger partial charge in [-0.2, -0.15) is 0 Å². The van der Waals surface area contributed by atoms with Crippen LogP contribution in [0.5, 0.6) is 0 Å². The van der Waals surface area contributed by atoms with E-state index in [1.807, 2.05) is 30.3 Å². The lowest BCUT2D eigenvalue weighted by Crippen LogP contribution is -2.41. The highest BCUT2D eigenvalue weighted by Crippen LogP contribution is 2.23. The Balaban J connectivity index is 1.30. The Labute approximate surface area is 207 Å². The van der Waals surface area contributed by atoms with Gasteiger partial charge in [0, 0.05) is 51.6 Å². The van der Waals surface area contributed by atoms with Gasteiger partial charge in [-0.15, -0.1) is 0 Å². The monoisotopic (exact) mass is 495 g/mol. The Bertz CT molecular complexity index is 1170. The molecular formula is C26H23Cl2N3O3. The minimum atomic E-state index is -0.348. The van der Waals surface area contributed by atoms with Crippen LogP contribution in [0.3, 0.4) is 0 Å². The molecule has 1 aliphatic heterocycles. The predicted octanol–water partition coefficient (Wildman–Crippen LogP) is 5.74. The SMILES string of the molecule is O=C(Nc1ccc(C(=O)N2CCC(C(=O)Nc3ccccc3)CC2)cc1)c1cc(Cl)cc(Cl)c1. The first-order chi connectivity index (χ1) is 16.4. The largest absolute Gasteiger partial charge is 0.339 e. The smallest absolute Gasteiger partial charge is 0.255 e. The molecule has 0 aromatic heterocycles. The molecule has 1 aliphatic rings. The average Bonchev–Trinajstić information content (AvgIpc) is 2.84. The number of rotatable bonds is 5. The quantitative estimate of drug-likeness (QED) is 0.473. The normalized spacial score (nSPS) is 13.9. The molecule has 0 atom stereocenters. The molecule has 8 heteroatoms. The highest BCUT2D eigenvalue weighted by molar-refractivity contribution is 6.35. The van der Waals surface area contributed by atoms with Crippen molar-refractivity contribution in [3.8, 4) is 0 Å².